The first-order valence-corrected chi connectivity index (χ1v) is 7.72. The molecule has 7 heteroatoms. The van der Waals surface area contributed by atoms with E-state index in [0.29, 0.717) is 6.54 Å². The third-order valence-electron chi connectivity index (χ3n) is 3.62. The lowest BCUT2D eigenvalue weighted by Gasteiger charge is -2.25. The highest BCUT2D eigenvalue weighted by Crippen LogP contribution is 2.28. The average Bonchev–Trinajstić information content (AvgIpc) is 2.87. The van der Waals surface area contributed by atoms with Crippen molar-refractivity contribution in [3.05, 3.63) is 40.1 Å². The summed E-state index contributed by atoms with van der Waals surface area (Å²) in [6.07, 6.45) is -0.470. The Morgan fingerprint density at radius 3 is 2.50 bits per heavy atom. The predicted molar refractivity (Wildman–Crippen MR) is 92.2 cm³/mol. The highest BCUT2D eigenvalue weighted by atomic mass is 16.6. The van der Waals surface area contributed by atoms with Crippen LogP contribution in [0.3, 0.4) is 0 Å². The van der Waals surface area contributed by atoms with Crippen LogP contribution in [-0.2, 0) is 10.2 Å². The van der Waals surface area contributed by atoms with E-state index in [4.69, 9.17) is 4.74 Å². The molecule has 1 aromatic carbocycles. The van der Waals surface area contributed by atoms with E-state index in [1.807, 2.05) is 40.7 Å². The maximum absolute atomic E-state index is 11.8. The number of aromatic amines is 1. The first-order valence-electron chi connectivity index (χ1n) is 7.72. The zero-order chi connectivity index (χ0) is 18.1. The van der Waals surface area contributed by atoms with E-state index in [0.717, 1.165) is 16.6 Å². The van der Waals surface area contributed by atoms with Gasteiger partial charge in [0.2, 0.25) is 0 Å². The fourth-order valence-corrected chi connectivity index (χ4v) is 2.30. The largest absolute Gasteiger partial charge is 0.444 e. The van der Waals surface area contributed by atoms with Gasteiger partial charge >= 0.3 is 6.09 Å². The molecule has 130 valence electrons. The molecule has 2 rings (SSSR count). The number of nitro groups is 1. The average molecular weight is 333 g/mol. The molecule has 0 aliphatic heterocycles. The normalized spacial score (nSPS) is 12.2. The smallest absolute Gasteiger partial charge is 0.407 e. The number of non-ortho nitro benzene ring substituents is 1. The Bertz CT molecular complexity index is 772. The van der Waals surface area contributed by atoms with E-state index < -0.39 is 16.6 Å². The Hall–Kier alpha value is -2.57. The SMILES string of the molecule is CC(C)(C)OC(=O)NCC(C)(C)c1cc2cc([N+](=O)[O-])ccc2[nH]1. The molecule has 0 radical (unpaired) electrons. The second kappa shape index (κ2) is 6.14. The monoisotopic (exact) mass is 333 g/mol. The summed E-state index contributed by atoms with van der Waals surface area (Å²) in [7, 11) is 0. The summed E-state index contributed by atoms with van der Waals surface area (Å²) in [5, 5.41) is 14.4. The van der Waals surface area contributed by atoms with Crippen molar-refractivity contribution in [3.8, 4) is 0 Å². The quantitative estimate of drug-likeness (QED) is 0.655. The fourth-order valence-electron chi connectivity index (χ4n) is 2.30. The number of hydrogen-bond acceptors (Lipinski definition) is 4. The lowest BCUT2D eigenvalue weighted by Crippen LogP contribution is -2.39. The summed E-state index contributed by atoms with van der Waals surface area (Å²) in [4.78, 5) is 25.5. The van der Waals surface area contributed by atoms with Crippen molar-refractivity contribution in [1.29, 1.82) is 0 Å². The van der Waals surface area contributed by atoms with Gasteiger partial charge in [-0.05, 0) is 32.9 Å². The number of fused-ring (bicyclic) bond motifs is 1. The number of nitro benzene ring substituents is 1. The minimum Gasteiger partial charge on any atom is -0.444 e. The van der Waals surface area contributed by atoms with Crippen molar-refractivity contribution >= 4 is 22.7 Å². The lowest BCUT2D eigenvalue weighted by molar-refractivity contribution is -0.384. The number of H-pyrrole nitrogens is 1. The van der Waals surface area contributed by atoms with Crippen LogP contribution in [0.15, 0.2) is 24.3 Å². The van der Waals surface area contributed by atoms with E-state index in [9.17, 15) is 14.9 Å². The van der Waals surface area contributed by atoms with Gasteiger partial charge in [-0.25, -0.2) is 4.79 Å². The zero-order valence-corrected chi connectivity index (χ0v) is 14.6. The van der Waals surface area contributed by atoms with Gasteiger partial charge in [0.15, 0.2) is 0 Å². The van der Waals surface area contributed by atoms with E-state index in [2.05, 4.69) is 10.3 Å². The predicted octanol–water partition coefficient (Wildman–Crippen LogP) is 3.88. The van der Waals surface area contributed by atoms with Gasteiger partial charge in [-0.1, -0.05) is 13.8 Å². The Morgan fingerprint density at radius 1 is 1.25 bits per heavy atom. The molecule has 1 amide bonds. The number of aromatic nitrogens is 1. The van der Waals surface area contributed by atoms with Crippen LogP contribution in [0.4, 0.5) is 10.5 Å². The molecule has 0 atom stereocenters. The standard InChI is InChI=1S/C17H23N3O4/c1-16(2,3)24-15(21)18-10-17(4,5)14-9-11-8-12(20(22)23)6-7-13(11)19-14/h6-9,19H,10H2,1-5H3,(H,18,21). The molecule has 1 heterocycles. The number of alkyl carbamates (subject to hydrolysis) is 1. The van der Waals surface area contributed by atoms with Gasteiger partial charge in [0, 0.05) is 40.7 Å². The van der Waals surface area contributed by atoms with Gasteiger partial charge in [0.1, 0.15) is 5.60 Å². The second-order valence-electron chi connectivity index (χ2n) is 7.45. The summed E-state index contributed by atoms with van der Waals surface area (Å²) < 4.78 is 5.23. The third kappa shape index (κ3) is 4.24. The van der Waals surface area contributed by atoms with E-state index in [1.165, 1.54) is 12.1 Å². The zero-order valence-electron chi connectivity index (χ0n) is 14.6. The van der Waals surface area contributed by atoms with Gasteiger partial charge < -0.3 is 15.0 Å². The molecule has 0 aliphatic carbocycles. The number of rotatable bonds is 4. The Kier molecular flexibility index (Phi) is 4.55. The molecule has 0 aliphatic rings. The summed E-state index contributed by atoms with van der Waals surface area (Å²) in [5.74, 6) is 0. The van der Waals surface area contributed by atoms with Gasteiger partial charge in [0.05, 0.1) is 4.92 Å². The minimum atomic E-state index is -0.547. The van der Waals surface area contributed by atoms with Crippen LogP contribution < -0.4 is 5.32 Å². The van der Waals surface area contributed by atoms with Crippen LogP contribution in [0.25, 0.3) is 10.9 Å². The first kappa shape index (κ1) is 17.8. The van der Waals surface area contributed by atoms with Crippen molar-refractivity contribution in [2.75, 3.05) is 6.54 Å². The summed E-state index contributed by atoms with van der Waals surface area (Å²) in [6, 6.07) is 6.56. The maximum atomic E-state index is 11.8. The number of nitrogens with one attached hydrogen (secondary N) is 2. The Morgan fingerprint density at radius 2 is 1.92 bits per heavy atom. The van der Waals surface area contributed by atoms with Gasteiger partial charge in [-0.3, -0.25) is 10.1 Å². The number of amides is 1. The lowest BCUT2D eigenvalue weighted by atomic mass is 9.89. The van der Waals surface area contributed by atoms with Crippen LogP contribution in [0.5, 0.6) is 0 Å². The Labute approximate surface area is 140 Å². The van der Waals surface area contributed by atoms with Crippen molar-refractivity contribution in [1.82, 2.24) is 10.3 Å². The van der Waals surface area contributed by atoms with E-state index in [1.54, 1.807) is 6.07 Å². The maximum Gasteiger partial charge on any atom is 0.407 e. The molecule has 24 heavy (non-hydrogen) atoms. The topological polar surface area (TPSA) is 97.3 Å². The van der Waals surface area contributed by atoms with Crippen molar-refractivity contribution < 1.29 is 14.5 Å². The molecule has 0 bridgehead atoms. The summed E-state index contributed by atoms with van der Waals surface area (Å²) in [6.45, 7) is 9.75. The number of carbonyl (C=O) groups is 1. The molecule has 0 spiro atoms. The molecular weight excluding hydrogens is 310 g/mol. The van der Waals surface area contributed by atoms with Gasteiger partial charge in [0.25, 0.3) is 5.69 Å². The molecule has 7 nitrogen and oxygen atoms in total. The van der Waals surface area contributed by atoms with Crippen molar-refractivity contribution in [2.24, 2.45) is 0 Å². The first-order chi connectivity index (χ1) is 11.0. The number of nitrogens with zero attached hydrogens (tertiary/aromatic N) is 1. The van der Waals surface area contributed by atoms with Crippen LogP contribution in [0.2, 0.25) is 0 Å². The van der Waals surface area contributed by atoms with E-state index in [-0.39, 0.29) is 11.1 Å². The molecule has 2 N–H and O–H groups in total. The molecular formula is C17H23N3O4. The molecule has 0 saturated carbocycles. The minimum absolute atomic E-state index is 0.0535. The second-order valence-corrected chi connectivity index (χ2v) is 7.45. The van der Waals surface area contributed by atoms with Crippen LogP contribution in [0, 0.1) is 10.1 Å². The van der Waals surface area contributed by atoms with Crippen molar-refractivity contribution in [3.63, 3.8) is 0 Å². The molecule has 0 unspecified atom stereocenters. The van der Waals surface area contributed by atoms with Crippen molar-refractivity contribution in [2.45, 2.75) is 45.6 Å². The number of benzene rings is 1. The summed E-state index contributed by atoms with van der Waals surface area (Å²) in [5.41, 5.74) is 0.826. The van der Waals surface area contributed by atoms with Gasteiger partial charge in [-0.2, -0.15) is 0 Å². The summed E-state index contributed by atoms with van der Waals surface area (Å²) >= 11 is 0. The van der Waals surface area contributed by atoms with Crippen LogP contribution >= 0.6 is 0 Å². The number of ether oxygens (including phenoxy) is 1. The number of carbonyl (C=O) groups excluding carboxylic acids is 1. The molecule has 0 fully saturated rings. The van der Waals surface area contributed by atoms with Crippen LogP contribution in [0.1, 0.15) is 40.3 Å². The van der Waals surface area contributed by atoms with E-state index >= 15 is 0 Å². The van der Waals surface area contributed by atoms with Gasteiger partial charge in [-0.15, -0.1) is 0 Å². The number of hydrogen-bond donors (Lipinski definition) is 2. The highest BCUT2D eigenvalue weighted by Gasteiger charge is 2.25. The molecule has 2 aromatic rings. The molecule has 1 aromatic heterocycles. The van der Waals surface area contributed by atoms with Crippen LogP contribution in [-0.4, -0.2) is 28.1 Å². The third-order valence-corrected chi connectivity index (χ3v) is 3.62. The highest BCUT2D eigenvalue weighted by molar-refractivity contribution is 5.83. The Balaban J connectivity index is 2.15. The molecule has 0 saturated heterocycles. The fraction of sp³-hybridized carbons (Fsp3) is 0.471.